The highest BCUT2D eigenvalue weighted by atomic mass is 35.5. The Morgan fingerprint density at radius 2 is 1.61 bits per heavy atom. The molecule has 1 aromatic heterocycles. The summed E-state index contributed by atoms with van der Waals surface area (Å²) in [4.78, 5) is 28.3. The summed E-state index contributed by atoms with van der Waals surface area (Å²) in [5, 5.41) is 7.45. The number of carbonyl (C=O) groups is 2. The van der Waals surface area contributed by atoms with Gasteiger partial charge < -0.3 is 5.32 Å². The molecule has 2 N–H and O–H groups in total. The molecule has 6 nitrogen and oxygen atoms in total. The van der Waals surface area contributed by atoms with Gasteiger partial charge in [-0.1, -0.05) is 29.8 Å². The first-order valence-corrected chi connectivity index (χ1v) is 8.83. The Labute approximate surface area is 167 Å². The standard InChI is InChI=1S/C21H17ClN4O2/c1-14(25-26-21(28)15-8-10-23-11-9-15)16-4-3-7-19(13-16)24-20(27)17-5-2-6-18(22)12-17/h2-13H,1H3,(H,24,27)(H,26,28)/b25-14-. The number of aromatic nitrogens is 1. The predicted octanol–water partition coefficient (Wildman–Crippen LogP) is 4.14. The van der Waals surface area contributed by atoms with Gasteiger partial charge in [0.15, 0.2) is 0 Å². The van der Waals surface area contributed by atoms with Gasteiger partial charge in [-0.2, -0.15) is 5.10 Å². The second-order valence-electron chi connectivity index (χ2n) is 5.92. The van der Waals surface area contributed by atoms with Crippen LogP contribution in [0.3, 0.4) is 0 Å². The van der Waals surface area contributed by atoms with E-state index in [1.807, 2.05) is 6.07 Å². The maximum Gasteiger partial charge on any atom is 0.271 e. The minimum absolute atomic E-state index is 0.264. The third-order valence-corrected chi connectivity index (χ3v) is 4.13. The van der Waals surface area contributed by atoms with Crippen LogP contribution in [0.2, 0.25) is 5.02 Å². The van der Waals surface area contributed by atoms with Crippen LogP contribution in [0.25, 0.3) is 0 Å². The first-order valence-electron chi connectivity index (χ1n) is 8.45. The quantitative estimate of drug-likeness (QED) is 0.505. The van der Waals surface area contributed by atoms with Gasteiger partial charge in [0.25, 0.3) is 11.8 Å². The first kappa shape index (κ1) is 19.3. The van der Waals surface area contributed by atoms with Gasteiger partial charge in [-0.05, 0) is 55.0 Å². The van der Waals surface area contributed by atoms with Crippen LogP contribution in [-0.4, -0.2) is 22.5 Å². The van der Waals surface area contributed by atoms with Gasteiger partial charge in [0.2, 0.25) is 0 Å². The lowest BCUT2D eigenvalue weighted by Gasteiger charge is -2.08. The molecular formula is C21H17ClN4O2. The van der Waals surface area contributed by atoms with Crippen LogP contribution in [0.4, 0.5) is 5.69 Å². The number of pyridine rings is 1. The monoisotopic (exact) mass is 392 g/mol. The van der Waals surface area contributed by atoms with Crippen LogP contribution >= 0.6 is 11.6 Å². The fourth-order valence-electron chi connectivity index (χ4n) is 2.42. The number of halogens is 1. The molecule has 0 saturated carbocycles. The molecule has 3 rings (SSSR count). The molecule has 0 bridgehead atoms. The smallest absolute Gasteiger partial charge is 0.271 e. The Bertz CT molecular complexity index is 1040. The maximum absolute atomic E-state index is 12.4. The zero-order valence-corrected chi connectivity index (χ0v) is 15.8. The molecule has 1 heterocycles. The van der Waals surface area contributed by atoms with Crippen molar-refractivity contribution in [1.29, 1.82) is 0 Å². The second-order valence-corrected chi connectivity index (χ2v) is 6.36. The van der Waals surface area contributed by atoms with E-state index in [1.54, 1.807) is 61.5 Å². The average molecular weight is 393 g/mol. The Hall–Kier alpha value is -3.51. The molecule has 0 saturated heterocycles. The van der Waals surface area contributed by atoms with Crippen LogP contribution < -0.4 is 10.7 Å². The van der Waals surface area contributed by atoms with E-state index in [2.05, 4.69) is 20.8 Å². The number of rotatable bonds is 5. The van der Waals surface area contributed by atoms with Crippen LogP contribution in [0, 0.1) is 0 Å². The summed E-state index contributed by atoms with van der Waals surface area (Å²) < 4.78 is 0. The van der Waals surface area contributed by atoms with Crippen LogP contribution in [-0.2, 0) is 0 Å². The maximum atomic E-state index is 12.4. The molecule has 2 amide bonds. The minimum Gasteiger partial charge on any atom is -0.322 e. The molecule has 3 aromatic rings. The second kappa shape index (κ2) is 8.92. The van der Waals surface area contributed by atoms with Crippen molar-refractivity contribution in [2.24, 2.45) is 5.10 Å². The molecule has 0 spiro atoms. The number of carbonyl (C=O) groups excluding carboxylic acids is 2. The van der Waals surface area contributed by atoms with Crippen molar-refractivity contribution in [2.45, 2.75) is 6.92 Å². The van der Waals surface area contributed by atoms with Gasteiger partial charge in [0.05, 0.1) is 5.71 Å². The van der Waals surface area contributed by atoms with Gasteiger partial charge in [-0.25, -0.2) is 5.43 Å². The Kier molecular flexibility index (Phi) is 6.14. The molecule has 0 fully saturated rings. The van der Waals surface area contributed by atoms with E-state index >= 15 is 0 Å². The number of amides is 2. The van der Waals surface area contributed by atoms with E-state index in [9.17, 15) is 9.59 Å². The average Bonchev–Trinajstić information content (AvgIpc) is 2.72. The van der Waals surface area contributed by atoms with Gasteiger partial charge in [-0.3, -0.25) is 14.6 Å². The number of nitrogens with zero attached hydrogens (tertiary/aromatic N) is 2. The summed E-state index contributed by atoms with van der Waals surface area (Å²) >= 11 is 5.93. The first-order chi connectivity index (χ1) is 13.5. The summed E-state index contributed by atoms with van der Waals surface area (Å²) in [5.74, 6) is -0.590. The summed E-state index contributed by atoms with van der Waals surface area (Å²) in [5.41, 5.74) is 5.41. The zero-order valence-electron chi connectivity index (χ0n) is 15.0. The van der Waals surface area contributed by atoms with Crippen LogP contribution in [0.5, 0.6) is 0 Å². The number of nitrogens with one attached hydrogen (secondary N) is 2. The normalized spacial score (nSPS) is 11.0. The molecule has 7 heteroatoms. The summed E-state index contributed by atoms with van der Waals surface area (Å²) in [6, 6.07) is 17.1. The van der Waals surface area contributed by atoms with Gasteiger partial charge in [-0.15, -0.1) is 0 Å². The van der Waals surface area contributed by atoms with Crippen molar-refractivity contribution in [3.8, 4) is 0 Å². The Morgan fingerprint density at radius 3 is 2.36 bits per heavy atom. The van der Waals surface area contributed by atoms with E-state index in [4.69, 9.17) is 11.6 Å². The van der Waals surface area contributed by atoms with E-state index in [0.717, 1.165) is 5.56 Å². The van der Waals surface area contributed by atoms with Gasteiger partial charge in [0, 0.05) is 34.2 Å². The van der Waals surface area contributed by atoms with Crippen molar-refractivity contribution in [3.05, 3.63) is 94.8 Å². The lowest BCUT2D eigenvalue weighted by Crippen LogP contribution is -2.19. The molecule has 140 valence electrons. The van der Waals surface area contributed by atoms with Crippen molar-refractivity contribution >= 4 is 34.8 Å². The highest BCUT2D eigenvalue weighted by molar-refractivity contribution is 6.31. The number of benzene rings is 2. The number of hydrazone groups is 1. The third kappa shape index (κ3) is 5.02. The lowest BCUT2D eigenvalue weighted by atomic mass is 10.1. The molecule has 0 aliphatic rings. The van der Waals surface area contributed by atoms with E-state index in [1.165, 1.54) is 12.4 Å². The molecular weight excluding hydrogens is 376 g/mol. The van der Waals surface area contributed by atoms with Crippen LogP contribution in [0.15, 0.2) is 78.2 Å². The third-order valence-electron chi connectivity index (χ3n) is 3.89. The molecule has 2 aromatic carbocycles. The Morgan fingerprint density at radius 1 is 0.893 bits per heavy atom. The number of anilines is 1. The molecule has 0 unspecified atom stereocenters. The zero-order chi connectivity index (χ0) is 19.9. The van der Waals surface area contributed by atoms with E-state index in [0.29, 0.717) is 27.5 Å². The summed E-state index contributed by atoms with van der Waals surface area (Å²) in [7, 11) is 0. The van der Waals surface area contributed by atoms with Crippen LogP contribution in [0.1, 0.15) is 33.2 Å². The summed E-state index contributed by atoms with van der Waals surface area (Å²) in [6.07, 6.45) is 3.08. The highest BCUT2D eigenvalue weighted by Gasteiger charge is 2.08. The van der Waals surface area contributed by atoms with Gasteiger partial charge >= 0.3 is 0 Å². The SMILES string of the molecule is C/C(=N/NC(=O)c1ccncc1)c1cccc(NC(=O)c2cccc(Cl)c2)c1. The van der Waals surface area contributed by atoms with E-state index in [-0.39, 0.29) is 11.8 Å². The molecule has 0 aliphatic heterocycles. The number of hydrogen-bond acceptors (Lipinski definition) is 4. The molecule has 0 atom stereocenters. The van der Waals surface area contributed by atoms with Crippen molar-refractivity contribution in [2.75, 3.05) is 5.32 Å². The molecule has 28 heavy (non-hydrogen) atoms. The molecule has 0 aliphatic carbocycles. The van der Waals surface area contributed by atoms with Crippen molar-refractivity contribution < 1.29 is 9.59 Å². The summed E-state index contributed by atoms with van der Waals surface area (Å²) in [6.45, 7) is 1.77. The lowest BCUT2D eigenvalue weighted by molar-refractivity contribution is 0.0954. The fraction of sp³-hybridized carbons (Fsp3) is 0.0476. The molecule has 0 radical (unpaired) electrons. The minimum atomic E-state index is -0.327. The van der Waals surface area contributed by atoms with E-state index < -0.39 is 0 Å². The fourth-order valence-corrected chi connectivity index (χ4v) is 2.61. The predicted molar refractivity (Wildman–Crippen MR) is 110 cm³/mol. The van der Waals surface area contributed by atoms with Crippen molar-refractivity contribution in [1.82, 2.24) is 10.4 Å². The highest BCUT2D eigenvalue weighted by Crippen LogP contribution is 2.15. The Balaban J connectivity index is 1.70. The largest absolute Gasteiger partial charge is 0.322 e. The topological polar surface area (TPSA) is 83.4 Å². The number of hydrogen-bond donors (Lipinski definition) is 2. The van der Waals surface area contributed by atoms with Crippen molar-refractivity contribution in [3.63, 3.8) is 0 Å². The van der Waals surface area contributed by atoms with Gasteiger partial charge in [0.1, 0.15) is 0 Å².